The highest BCUT2D eigenvalue weighted by atomic mass is 16.5. The van der Waals surface area contributed by atoms with E-state index in [1.165, 1.54) is 4.90 Å². The number of β-lactam (4-membered cyclic amide) rings is 1. The Morgan fingerprint density at radius 1 is 0.842 bits per heavy atom. The Morgan fingerprint density at radius 2 is 1.39 bits per heavy atom. The second kappa shape index (κ2) is 10.5. The van der Waals surface area contributed by atoms with Crippen molar-refractivity contribution in [1.29, 1.82) is 0 Å². The van der Waals surface area contributed by atoms with Gasteiger partial charge in [-0.05, 0) is 29.2 Å². The van der Waals surface area contributed by atoms with Crippen LogP contribution in [0.1, 0.15) is 45.7 Å². The topological polar surface area (TPSA) is 84.0 Å². The Hall–Kier alpha value is -4.52. The van der Waals surface area contributed by atoms with E-state index in [-0.39, 0.29) is 23.7 Å². The van der Waals surface area contributed by atoms with Crippen LogP contribution in [0.4, 0.5) is 0 Å². The van der Waals surface area contributed by atoms with E-state index in [9.17, 15) is 19.2 Å². The molecule has 0 spiro atoms. The third kappa shape index (κ3) is 4.52. The van der Waals surface area contributed by atoms with Gasteiger partial charge in [0, 0.05) is 0 Å². The van der Waals surface area contributed by atoms with Crippen LogP contribution >= 0.6 is 0 Å². The molecule has 5 rings (SSSR count). The molecule has 0 radical (unpaired) electrons. The summed E-state index contributed by atoms with van der Waals surface area (Å²) < 4.78 is 5.62. The number of hydrogen-bond acceptors (Lipinski definition) is 5. The molecule has 192 valence electrons. The summed E-state index contributed by atoms with van der Waals surface area (Å²) in [6.07, 6.45) is 3.62. The molecule has 38 heavy (non-hydrogen) atoms. The molecule has 3 amide bonds. The van der Waals surface area contributed by atoms with Crippen molar-refractivity contribution < 1.29 is 23.9 Å². The average Bonchev–Trinajstić information content (AvgIpc) is 3.18. The molecular weight excluding hydrogens is 480 g/mol. The number of amides is 3. The molecule has 1 fully saturated rings. The van der Waals surface area contributed by atoms with Gasteiger partial charge < -0.3 is 9.64 Å². The molecule has 7 nitrogen and oxygen atoms in total. The zero-order valence-corrected chi connectivity index (χ0v) is 21.2. The van der Waals surface area contributed by atoms with Gasteiger partial charge >= 0.3 is 5.97 Å². The zero-order valence-electron chi connectivity index (χ0n) is 21.2. The Balaban J connectivity index is 1.45. The maximum absolute atomic E-state index is 13.7. The van der Waals surface area contributed by atoms with Crippen LogP contribution in [0.25, 0.3) is 6.08 Å². The first-order chi connectivity index (χ1) is 18.4. The monoisotopic (exact) mass is 508 g/mol. The first kappa shape index (κ1) is 25.1. The second-order valence-corrected chi connectivity index (χ2v) is 9.76. The van der Waals surface area contributed by atoms with Crippen LogP contribution in [-0.4, -0.2) is 51.6 Å². The molecule has 0 N–H and O–H groups in total. The van der Waals surface area contributed by atoms with Gasteiger partial charge in [-0.15, -0.1) is 0 Å². The van der Waals surface area contributed by atoms with Gasteiger partial charge in [0.1, 0.15) is 18.7 Å². The van der Waals surface area contributed by atoms with Gasteiger partial charge in [-0.2, -0.15) is 0 Å². The highest BCUT2D eigenvalue weighted by Crippen LogP contribution is 2.36. The van der Waals surface area contributed by atoms with Crippen molar-refractivity contribution >= 4 is 29.8 Å². The summed E-state index contributed by atoms with van der Waals surface area (Å²) in [5.41, 5.74) is 2.28. The van der Waals surface area contributed by atoms with Crippen molar-refractivity contribution in [2.24, 2.45) is 5.92 Å². The summed E-state index contributed by atoms with van der Waals surface area (Å²) in [4.78, 5) is 55.9. The van der Waals surface area contributed by atoms with Gasteiger partial charge in [-0.3, -0.25) is 19.3 Å². The lowest BCUT2D eigenvalue weighted by Crippen LogP contribution is -2.74. The number of ether oxygens (including phenoxy) is 1. The Morgan fingerprint density at radius 3 is 1.97 bits per heavy atom. The van der Waals surface area contributed by atoms with Crippen LogP contribution in [0.2, 0.25) is 0 Å². The van der Waals surface area contributed by atoms with Gasteiger partial charge in [0.15, 0.2) is 0 Å². The van der Waals surface area contributed by atoms with Crippen molar-refractivity contribution in [3.63, 3.8) is 0 Å². The third-order valence-electron chi connectivity index (χ3n) is 6.94. The minimum absolute atomic E-state index is 0.0806. The summed E-state index contributed by atoms with van der Waals surface area (Å²) in [6.45, 7) is 3.77. The molecule has 7 heteroatoms. The van der Waals surface area contributed by atoms with Gasteiger partial charge in [0.2, 0.25) is 5.91 Å². The number of carbonyl (C=O) groups excluding carboxylic acids is 4. The maximum Gasteiger partial charge on any atom is 0.329 e. The number of imide groups is 1. The summed E-state index contributed by atoms with van der Waals surface area (Å²) in [5, 5.41) is 0. The highest BCUT2D eigenvalue weighted by molar-refractivity contribution is 6.23. The number of likely N-dealkylation sites (tertiary alicyclic amines) is 1. The molecule has 3 aromatic carbocycles. The van der Waals surface area contributed by atoms with E-state index in [1.54, 1.807) is 30.3 Å². The number of esters is 1. The first-order valence-corrected chi connectivity index (χ1v) is 12.6. The van der Waals surface area contributed by atoms with E-state index in [0.717, 1.165) is 16.0 Å². The standard InChI is InChI=1S/C31H28N2O5/c1-20(2)26(31(37)38-19-22-13-7-4-8-14-22)32-25(18-17-21-11-5-3-6-12-21)27(30(32)36)33-28(34)23-15-9-10-16-24(23)29(33)35/h3-18,20,25-27H,19H2,1-2H3/t25-,26+,27+/m1/s1. The molecule has 0 saturated carbocycles. The second-order valence-electron chi connectivity index (χ2n) is 9.76. The number of benzene rings is 3. The molecular formula is C31H28N2O5. The molecule has 0 unspecified atom stereocenters. The number of hydrogen-bond donors (Lipinski definition) is 0. The quantitative estimate of drug-likeness (QED) is 0.257. The normalized spacial score (nSPS) is 19.6. The molecule has 0 bridgehead atoms. The molecule has 3 aromatic rings. The Kier molecular flexibility index (Phi) is 6.92. The van der Waals surface area contributed by atoms with Crippen LogP contribution in [-0.2, 0) is 20.9 Å². The van der Waals surface area contributed by atoms with E-state index in [2.05, 4.69) is 0 Å². The number of rotatable bonds is 8. The molecule has 3 atom stereocenters. The van der Waals surface area contributed by atoms with Crippen LogP contribution in [0.5, 0.6) is 0 Å². The average molecular weight is 509 g/mol. The Labute approximate surface area is 221 Å². The maximum atomic E-state index is 13.7. The molecule has 2 aliphatic rings. The van der Waals surface area contributed by atoms with Crippen molar-refractivity contribution in [1.82, 2.24) is 9.80 Å². The Bertz CT molecular complexity index is 1370. The van der Waals surface area contributed by atoms with Crippen molar-refractivity contribution in [2.45, 2.75) is 38.6 Å². The lowest BCUT2D eigenvalue weighted by atomic mass is 9.86. The molecule has 2 heterocycles. The van der Waals surface area contributed by atoms with Gasteiger partial charge in [0.05, 0.1) is 17.2 Å². The zero-order chi connectivity index (χ0) is 26.8. The molecule has 1 saturated heterocycles. The van der Waals surface area contributed by atoms with Crippen LogP contribution < -0.4 is 0 Å². The van der Waals surface area contributed by atoms with Crippen molar-refractivity contribution in [2.75, 3.05) is 0 Å². The number of fused-ring (bicyclic) bond motifs is 1. The number of carbonyl (C=O) groups is 4. The van der Waals surface area contributed by atoms with Crippen LogP contribution in [0.15, 0.2) is 91.0 Å². The summed E-state index contributed by atoms with van der Waals surface area (Å²) in [5.74, 6) is -2.27. The van der Waals surface area contributed by atoms with E-state index < -0.39 is 41.8 Å². The van der Waals surface area contributed by atoms with E-state index >= 15 is 0 Å². The minimum Gasteiger partial charge on any atom is -0.459 e. The molecule has 0 aliphatic carbocycles. The lowest BCUT2D eigenvalue weighted by molar-refractivity contribution is -0.172. The fraction of sp³-hybridized carbons (Fsp3) is 0.226. The first-order valence-electron chi connectivity index (χ1n) is 12.6. The number of nitrogens with zero attached hydrogens (tertiary/aromatic N) is 2. The predicted octanol–water partition coefficient (Wildman–Crippen LogP) is 4.34. The summed E-state index contributed by atoms with van der Waals surface area (Å²) in [6, 6.07) is 22.7. The van der Waals surface area contributed by atoms with Crippen LogP contribution in [0.3, 0.4) is 0 Å². The highest BCUT2D eigenvalue weighted by Gasteiger charge is 2.58. The smallest absolute Gasteiger partial charge is 0.329 e. The van der Waals surface area contributed by atoms with Crippen LogP contribution in [0, 0.1) is 5.92 Å². The van der Waals surface area contributed by atoms with Gasteiger partial charge in [-0.25, -0.2) is 4.79 Å². The predicted molar refractivity (Wildman–Crippen MR) is 142 cm³/mol. The third-order valence-corrected chi connectivity index (χ3v) is 6.94. The van der Waals surface area contributed by atoms with E-state index in [1.807, 2.05) is 80.6 Å². The fourth-order valence-electron chi connectivity index (χ4n) is 5.05. The largest absolute Gasteiger partial charge is 0.459 e. The fourth-order valence-corrected chi connectivity index (χ4v) is 5.05. The summed E-state index contributed by atoms with van der Waals surface area (Å²) in [7, 11) is 0. The summed E-state index contributed by atoms with van der Waals surface area (Å²) >= 11 is 0. The van der Waals surface area contributed by atoms with E-state index in [0.29, 0.717) is 0 Å². The van der Waals surface area contributed by atoms with Crippen molar-refractivity contribution in [3.8, 4) is 0 Å². The lowest BCUT2D eigenvalue weighted by Gasteiger charge is -2.51. The molecule has 2 aliphatic heterocycles. The van der Waals surface area contributed by atoms with Gasteiger partial charge in [0.25, 0.3) is 11.8 Å². The van der Waals surface area contributed by atoms with Gasteiger partial charge in [-0.1, -0.05) is 98.8 Å². The molecule has 0 aromatic heterocycles. The SMILES string of the molecule is CC(C)[C@@H](C(=O)OCc1ccccc1)N1C(=O)[C@@H](N2C(=O)c3ccccc3C2=O)[C@H]1C=Cc1ccccc1. The van der Waals surface area contributed by atoms with E-state index in [4.69, 9.17) is 4.74 Å². The van der Waals surface area contributed by atoms with Crippen molar-refractivity contribution in [3.05, 3.63) is 113 Å². The minimum atomic E-state index is -1.05.